The van der Waals surface area contributed by atoms with Gasteiger partial charge in [-0.15, -0.1) is 0 Å². The summed E-state index contributed by atoms with van der Waals surface area (Å²) < 4.78 is 4.98. The fourth-order valence-electron chi connectivity index (χ4n) is 0.833. The molecule has 8 heavy (non-hydrogen) atoms. The largest absolute Gasteiger partial charge is 0.377 e. The number of rotatable bonds is 1. The van der Waals surface area contributed by atoms with E-state index in [9.17, 15) is 4.79 Å². The number of ether oxygens (including phenoxy) is 1. The minimum absolute atomic E-state index is 0.174. The number of hydrogen-bond acceptors (Lipinski definition) is 2. The van der Waals surface area contributed by atoms with Crippen molar-refractivity contribution >= 4 is 5.78 Å². The smallest absolute Gasteiger partial charge is 0.137 e. The molecule has 1 fully saturated rings. The Balaban J connectivity index is 2.37. The van der Waals surface area contributed by atoms with E-state index in [2.05, 4.69) is 0 Å². The van der Waals surface area contributed by atoms with E-state index in [4.69, 9.17) is 4.74 Å². The number of Topliss-reactive ketones (excluding diaryl/α,β-unsaturated/α-hetero) is 1. The van der Waals surface area contributed by atoms with Crippen LogP contribution in [0, 0.1) is 5.92 Å². The highest BCUT2D eigenvalue weighted by atomic mass is 16.5. The first-order valence-corrected chi connectivity index (χ1v) is 2.84. The standard InChI is InChI=1S/C6H10O2/c1-4(7)6-3-8-5(6)2/h5-6H,3H2,1-2H3. The molecular formula is C6H10O2. The van der Waals surface area contributed by atoms with Gasteiger partial charge >= 0.3 is 0 Å². The maximum Gasteiger partial charge on any atom is 0.137 e. The maximum absolute atomic E-state index is 10.6. The highest BCUT2D eigenvalue weighted by molar-refractivity contribution is 5.79. The molecule has 0 spiro atoms. The summed E-state index contributed by atoms with van der Waals surface area (Å²) in [6.07, 6.45) is 0.174. The quantitative estimate of drug-likeness (QED) is 0.499. The van der Waals surface area contributed by atoms with Crippen molar-refractivity contribution in [1.29, 1.82) is 0 Å². The summed E-state index contributed by atoms with van der Waals surface area (Å²) in [5, 5.41) is 0. The molecule has 1 aliphatic rings. The van der Waals surface area contributed by atoms with Crippen LogP contribution in [0.3, 0.4) is 0 Å². The predicted molar refractivity (Wildman–Crippen MR) is 29.6 cm³/mol. The normalized spacial score (nSPS) is 36.2. The molecule has 2 unspecified atom stereocenters. The van der Waals surface area contributed by atoms with Crippen molar-refractivity contribution in [3.63, 3.8) is 0 Å². The predicted octanol–water partition coefficient (Wildman–Crippen LogP) is 0.610. The lowest BCUT2D eigenvalue weighted by molar-refractivity contribution is -0.148. The molecule has 0 N–H and O–H groups in total. The molecule has 0 bridgehead atoms. The van der Waals surface area contributed by atoms with Gasteiger partial charge in [0, 0.05) is 0 Å². The Labute approximate surface area is 48.8 Å². The van der Waals surface area contributed by atoms with Crippen LogP contribution in [0.5, 0.6) is 0 Å². The Hall–Kier alpha value is -0.370. The molecule has 0 saturated carbocycles. The highest BCUT2D eigenvalue weighted by Gasteiger charge is 2.31. The average molecular weight is 114 g/mol. The van der Waals surface area contributed by atoms with Gasteiger partial charge in [-0.3, -0.25) is 4.79 Å². The molecule has 1 rings (SSSR count). The van der Waals surface area contributed by atoms with Crippen LogP contribution in [0.15, 0.2) is 0 Å². The summed E-state index contributed by atoms with van der Waals surface area (Å²) in [4.78, 5) is 10.6. The number of carbonyl (C=O) groups is 1. The van der Waals surface area contributed by atoms with E-state index >= 15 is 0 Å². The monoisotopic (exact) mass is 114 g/mol. The van der Waals surface area contributed by atoms with Gasteiger partial charge in [-0.05, 0) is 13.8 Å². The molecule has 2 nitrogen and oxygen atoms in total. The molecule has 1 saturated heterocycles. The minimum Gasteiger partial charge on any atom is -0.377 e. The lowest BCUT2D eigenvalue weighted by Gasteiger charge is -2.31. The van der Waals surface area contributed by atoms with Crippen molar-refractivity contribution in [1.82, 2.24) is 0 Å². The molecule has 0 amide bonds. The van der Waals surface area contributed by atoms with Crippen LogP contribution in [-0.2, 0) is 9.53 Å². The first-order chi connectivity index (χ1) is 3.72. The van der Waals surface area contributed by atoms with E-state index < -0.39 is 0 Å². The van der Waals surface area contributed by atoms with Crippen LogP contribution >= 0.6 is 0 Å². The van der Waals surface area contributed by atoms with Gasteiger partial charge in [0.05, 0.1) is 18.6 Å². The lowest BCUT2D eigenvalue weighted by atomic mass is 9.96. The van der Waals surface area contributed by atoms with Crippen molar-refractivity contribution in [2.45, 2.75) is 20.0 Å². The second-order valence-corrected chi connectivity index (χ2v) is 2.26. The molecule has 2 heteroatoms. The fraction of sp³-hybridized carbons (Fsp3) is 0.833. The molecule has 0 radical (unpaired) electrons. The minimum atomic E-state index is 0.174. The first kappa shape index (κ1) is 5.76. The van der Waals surface area contributed by atoms with Crippen LogP contribution in [0.4, 0.5) is 0 Å². The van der Waals surface area contributed by atoms with Crippen LogP contribution < -0.4 is 0 Å². The summed E-state index contributed by atoms with van der Waals surface area (Å²) in [7, 11) is 0. The summed E-state index contributed by atoms with van der Waals surface area (Å²) in [5.74, 6) is 0.443. The second kappa shape index (κ2) is 1.86. The number of hydrogen-bond donors (Lipinski definition) is 0. The van der Waals surface area contributed by atoms with Gasteiger partial charge in [-0.25, -0.2) is 0 Å². The molecule has 1 aliphatic heterocycles. The third-order valence-electron chi connectivity index (χ3n) is 1.63. The Morgan fingerprint density at radius 3 is 2.38 bits per heavy atom. The Morgan fingerprint density at radius 1 is 1.75 bits per heavy atom. The van der Waals surface area contributed by atoms with Gasteiger partial charge in [-0.2, -0.15) is 0 Å². The van der Waals surface area contributed by atoms with E-state index in [1.807, 2.05) is 6.92 Å². The first-order valence-electron chi connectivity index (χ1n) is 2.84. The third kappa shape index (κ3) is 0.757. The molecule has 0 aromatic heterocycles. The molecule has 46 valence electrons. The van der Waals surface area contributed by atoms with Crippen molar-refractivity contribution in [3.05, 3.63) is 0 Å². The van der Waals surface area contributed by atoms with E-state index in [0.717, 1.165) is 0 Å². The average Bonchev–Trinajstić information content (AvgIpc) is 1.61. The summed E-state index contributed by atoms with van der Waals surface area (Å²) in [6.45, 7) is 4.18. The molecule has 2 atom stereocenters. The van der Waals surface area contributed by atoms with Gasteiger partial charge in [0.2, 0.25) is 0 Å². The van der Waals surface area contributed by atoms with Gasteiger partial charge in [0.1, 0.15) is 5.78 Å². The van der Waals surface area contributed by atoms with Crippen molar-refractivity contribution in [2.24, 2.45) is 5.92 Å². The Kier molecular flexibility index (Phi) is 1.34. The zero-order valence-corrected chi connectivity index (χ0v) is 5.18. The van der Waals surface area contributed by atoms with Crippen molar-refractivity contribution in [3.8, 4) is 0 Å². The van der Waals surface area contributed by atoms with E-state index in [0.29, 0.717) is 6.61 Å². The van der Waals surface area contributed by atoms with Crippen LogP contribution in [0.25, 0.3) is 0 Å². The fourth-order valence-corrected chi connectivity index (χ4v) is 0.833. The maximum atomic E-state index is 10.6. The van der Waals surface area contributed by atoms with Crippen LogP contribution in [0.2, 0.25) is 0 Å². The third-order valence-corrected chi connectivity index (χ3v) is 1.63. The van der Waals surface area contributed by atoms with Gasteiger partial charge in [0.25, 0.3) is 0 Å². The SMILES string of the molecule is CC(=O)C1COC1C. The van der Waals surface area contributed by atoms with Crippen LogP contribution in [0.1, 0.15) is 13.8 Å². The van der Waals surface area contributed by atoms with Gasteiger partial charge < -0.3 is 4.74 Å². The second-order valence-electron chi connectivity index (χ2n) is 2.26. The zero-order chi connectivity index (χ0) is 6.15. The summed E-state index contributed by atoms with van der Waals surface area (Å²) in [6, 6.07) is 0. The van der Waals surface area contributed by atoms with Crippen molar-refractivity contribution in [2.75, 3.05) is 6.61 Å². The number of ketones is 1. The van der Waals surface area contributed by atoms with Crippen LogP contribution in [-0.4, -0.2) is 18.5 Å². The Bertz CT molecular complexity index is 109. The summed E-state index contributed by atoms with van der Waals surface area (Å²) >= 11 is 0. The zero-order valence-electron chi connectivity index (χ0n) is 5.18. The van der Waals surface area contributed by atoms with E-state index in [1.165, 1.54) is 0 Å². The van der Waals surface area contributed by atoms with Gasteiger partial charge in [-0.1, -0.05) is 0 Å². The Morgan fingerprint density at radius 2 is 2.38 bits per heavy atom. The van der Waals surface area contributed by atoms with E-state index in [-0.39, 0.29) is 17.8 Å². The highest BCUT2D eigenvalue weighted by Crippen LogP contribution is 2.19. The molecular weight excluding hydrogens is 104 g/mol. The van der Waals surface area contributed by atoms with Crippen molar-refractivity contribution < 1.29 is 9.53 Å². The molecule has 0 aromatic rings. The van der Waals surface area contributed by atoms with E-state index in [1.54, 1.807) is 6.92 Å². The lowest BCUT2D eigenvalue weighted by Crippen LogP contribution is -2.41. The molecule has 0 aliphatic carbocycles. The molecule has 0 aromatic carbocycles. The van der Waals surface area contributed by atoms with Gasteiger partial charge in [0.15, 0.2) is 0 Å². The number of carbonyl (C=O) groups excluding carboxylic acids is 1. The molecule has 1 heterocycles. The topological polar surface area (TPSA) is 26.3 Å². The summed E-state index contributed by atoms with van der Waals surface area (Å²) in [5.41, 5.74) is 0.